The van der Waals surface area contributed by atoms with E-state index in [9.17, 15) is 4.39 Å². The number of hydrogen-bond acceptors (Lipinski definition) is 3. The minimum Gasteiger partial charge on any atom is -0.457 e. The topological polar surface area (TPSA) is 34.1 Å². The lowest BCUT2D eigenvalue weighted by Gasteiger charge is -2.21. The number of ether oxygens (including phenoxy) is 1. The van der Waals surface area contributed by atoms with Crippen molar-refractivity contribution in [3.05, 3.63) is 53.6 Å². The second-order valence-corrected chi connectivity index (χ2v) is 6.10. The van der Waals surface area contributed by atoms with Crippen molar-refractivity contribution in [3.8, 4) is 11.5 Å². The van der Waals surface area contributed by atoms with Crippen LogP contribution in [0, 0.1) is 12.7 Å². The van der Waals surface area contributed by atoms with E-state index < -0.39 is 0 Å². The molecule has 0 fully saturated rings. The van der Waals surface area contributed by atoms with Gasteiger partial charge in [-0.1, -0.05) is 0 Å². The average Bonchev–Trinajstić information content (AvgIpc) is 2.41. The molecular weight excluding hydrogens is 267 g/mol. The van der Waals surface area contributed by atoms with E-state index in [-0.39, 0.29) is 11.4 Å². The Morgan fingerprint density at radius 3 is 2.67 bits per heavy atom. The van der Waals surface area contributed by atoms with Gasteiger partial charge < -0.3 is 10.1 Å². The summed E-state index contributed by atoms with van der Waals surface area (Å²) >= 11 is 0. The normalized spacial score (nSPS) is 11.5. The summed E-state index contributed by atoms with van der Waals surface area (Å²) in [6.45, 7) is 8.69. The van der Waals surface area contributed by atoms with Crippen LogP contribution in [0.15, 0.2) is 36.7 Å². The summed E-state index contributed by atoms with van der Waals surface area (Å²) in [6.07, 6.45) is 3.47. The fraction of sp³-hybridized carbons (Fsp3) is 0.353. The van der Waals surface area contributed by atoms with Gasteiger partial charge in [0.15, 0.2) is 0 Å². The minimum atomic E-state index is -0.230. The van der Waals surface area contributed by atoms with Crippen LogP contribution in [0.5, 0.6) is 11.5 Å². The summed E-state index contributed by atoms with van der Waals surface area (Å²) in [5, 5.41) is 3.40. The summed E-state index contributed by atoms with van der Waals surface area (Å²) in [7, 11) is 0. The molecule has 1 aromatic heterocycles. The number of pyridine rings is 1. The van der Waals surface area contributed by atoms with Crippen molar-refractivity contribution in [2.75, 3.05) is 0 Å². The zero-order valence-electron chi connectivity index (χ0n) is 12.9. The number of nitrogens with zero attached hydrogens (tertiary/aromatic N) is 1. The average molecular weight is 288 g/mol. The number of nitrogens with one attached hydrogen (secondary N) is 1. The number of aromatic nitrogens is 1. The molecule has 2 rings (SSSR count). The first kappa shape index (κ1) is 15.4. The van der Waals surface area contributed by atoms with Gasteiger partial charge in [-0.05, 0) is 57.5 Å². The monoisotopic (exact) mass is 288 g/mol. The van der Waals surface area contributed by atoms with Gasteiger partial charge in [0, 0.05) is 30.0 Å². The molecule has 0 radical (unpaired) electrons. The van der Waals surface area contributed by atoms with Crippen LogP contribution in [-0.4, -0.2) is 10.5 Å². The van der Waals surface area contributed by atoms with Crippen molar-refractivity contribution >= 4 is 0 Å². The second kappa shape index (κ2) is 6.22. The Balaban J connectivity index is 2.17. The molecule has 21 heavy (non-hydrogen) atoms. The number of rotatable bonds is 4. The highest BCUT2D eigenvalue weighted by molar-refractivity contribution is 5.37. The highest BCUT2D eigenvalue weighted by Crippen LogP contribution is 2.26. The first-order valence-corrected chi connectivity index (χ1v) is 6.97. The van der Waals surface area contributed by atoms with Crippen LogP contribution < -0.4 is 10.1 Å². The Morgan fingerprint density at radius 2 is 2.00 bits per heavy atom. The van der Waals surface area contributed by atoms with Crippen LogP contribution in [-0.2, 0) is 6.54 Å². The highest BCUT2D eigenvalue weighted by Gasteiger charge is 2.12. The quantitative estimate of drug-likeness (QED) is 0.915. The molecule has 0 atom stereocenters. The molecule has 0 saturated carbocycles. The Hall–Kier alpha value is -1.94. The van der Waals surface area contributed by atoms with Crippen LogP contribution in [0.4, 0.5) is 4.39 Å². The van der Waals surface area contributed by atoms with E-state index in [2.05, 4.69) is 31.1 Å². The number of halogens is 1. The van der Waals surface area contributed by atoms with Gasteiger partial charge in [-0.2, -0.15) is 0 Å². The van der Waals surface area contributed by atoms with Crippen LogP contribution >= 0.6 is 0 Å². The molecule has 0 saturated heterocycles. The second-order valence-electron chi connectivity index (χ2n) is 6.10. The predicted octanol–water partition coefficient (Wildman–Crippen LogP) is 4.21. The van der Waals surface area contributed by atoms with E-state index in [1.165, 1.54) is 6.07 Å². The summed E-state index contributed by atoms with van der Waals surface area (Å²) in [6, 6.07) is 6.55. The fourth-order valence-electron chi connectivity index (χ4n) is 1.81. The Morgan fingerprint density at radius 1 is 1.24 bits per heavy atom. The third-order valence-electron chi connectivity index (χ3n) is 3.03. The molecular formula is C17H21FN2O. The molecule has 1 N–H and O–H groups in total. The van der Waals surface area contributed by atoms with Gasteiger partial charge in [-0.25, -0.2) is 4.39 Å². The van der Waals surface area contributed by atoms with Crippen LogP contribution in [0.2, 0.25) is 0 Å². The Kier molecular flexibility index (Phi) is 4.58. The van der Waals surface area contributed by atoms with Crippen molar-refractivity contribution in [2.45, 2.75) is 39.8 Å². The van der Waals surface area contributed by atoms with Gasteiger partial charge in [0.2, 0.25) is 0 Å². The van der Waals surface area contributed by atoms with Gasteiger partial charge in [0.25, 0.3) is 0 Å². The maximum atomic E-state index is 13.3. The molecule has 0 bridgehead atoms. The van der Waals surface area contributed by atoms with Gasteiger partial charge in [-0.15, -0.1) is 0 Å². The molecule has 0 spiro atoms. The molecule has 0 aliphatic heterocycles. The van der Waals surface area contributed by atoms with Crippen molar-refractivity contribution in [1.29, 1.82) is 0 Å². The number of aryl methyl sites for hydroxylation is 1. The molecule has 112 valence electrons. The molecule has 0 aliphatic carbocycles. The van der Waals surface area contributed by atoms with Crippen molar-refractivity contribution < 1.29 is 9.13 Å². The van der Waals surface area contributed by atoms with Crippen molar-refractivity contribution in [3.63, 3.8) is 0 Å². The standard InChI is InChI=1S/C17H21FN2O/c1-12-9-14(5-6-15(12)18)21-16-7-8-19-10-13(16)11-20-17(2,3)4/h5-10,20H,11H2,1-4H3. The third kappa shape index (κ3) is 4.53. The van der Waals surface area contributed by atoms with E-state index in [4.69, 9.17) is 4.74 Å². The lowest BCUT2D eigenvalue weighted by atomic mass is 10.1. The smallest absolute Gasteiger partial charge is 0.134 e. The molecule has 0 amide bonds. The van der Waals surface area contributed by atoms with Crippen LogP contribution in [0.25, 0.3) is 0 Å². The third-order valence-corrected chi connectivity index (χ3v) is 3.03. The van der Waals surface area contributed by atoms with E-state index in [1.807, 2.05) is 6.07 Å². The molecule has 1 aromatic carbocycles. The number of benzene rings is 1. The maximum Gasteiger partial charge on any atom is 0.134 e. The summed E-state index contributed by atoms with van der Waals surface area (Å²) in [4.78, 5) is 4.14. The SMILES string of the molecule is Cc1cc(Oc2ccncc2CNC(C)(C)C)ccc1F. The highest BCUT2D eigenvalue weighted by atomic mass is 19.1. The van der Waals surface area contributed by atoms with Gasteiger partial charge >= 0.3 is 0 Å². The zero-order chi connectivity index (χ0) is 15.5. The molecule has 4 heteroatoms. The van der Waals surface area contributed by atoms with E-state index in [1.54, 1.807) is 31.5 Å². The lowest BCUT2D eigenvalue weighted by molar-refractivity contribution is 0.413. The van der Waals surface area contributed by atoms with Gasteiger partial charge in [-0.3, -0.25) is 4.98 Å². The Labute approximate surface area is 125 Å². The fourth-order valence-corrected chi connectivity index (χ4v) is 1.81. The molecule has 2 aromatic rings. The molecule has 0 aliphatic rings. The first-order valence-electron chi connectivity index (χ1n) is 6.97. The molecule has 0 unspecified atom stereocenters. The van der Waals surface area contributed by atoms with E-state index >= 15 is 0 Å². The van der Waals surface area contributed by atoms with E-state index in [0.29, 0.717) is 17.9 Å². The summed E-state index contributed by atoms with van der Waals surface area (Å²) in [5.74, 6) is 1.12. The first-order chi connectivity index (χ1) is 9.85. The molecule has 3 nitrogen and oxygen atoms in total. The Bertz CT molecular complexity index is 620. The summed E-state index contributed by atoms with van der Waals surface area (Å²) in [5.41, 5.74) is 1.55. The predicted molar refractivity (Wildman–Crippen MR) is 82.0 cm³/mol. The van der Waals surface area contributed by atoms with Gasteiger partial charge in [0.05, 0.1) is 0 Å². The maximum absolute atomic E-state index is 13.3. The van der Waals surface area contributed by atoms with Gasteiger partial charge in [0.1, 0.15) is 17.3 Å². The number of hydrogen-bond donors (Lipinski definition) is 1. The van der Waals surface area contributed by atoms with Crippen LogP contribution in [0.1, 0.15) is 31.9 Å². The largest absolute Gasteiger partial charge is 0.457 e. The van der Waals surface area contributed by atoms with Crippen molar-refractivity contribution in [1.82, 2.24) is 10.3 Å². The zero-order valence-corrected chi connectivity index (χ0v) is 12.9. The molecule has 1 heterocycles. The minimum absolute atomic E-state index is 0.0135. The lowest BCUT2D eigenvalue weighted by Crippen LogP contribution is -2.35. The van der Waals surface area contributed by atoms with Crippen LogP contribution in [0.3, 0.4) is 0 Å². The van der Waals surface area contributed by atoms with Crippen molar-refractivity contribution in [2.24, 2.45) is 0 Å². The van der Waals surface area contributed by atoms with E-state index in [0.717, 1.165) is 11.3 Å². The summed E-state index contributed by atoms with van der Waals surface area (Å²) < 4.78 is 19.2.